The minimum atomic E-state index is 0.725. The molecule has 0 bridgehead atoms. The monoisotopic (exact) mass is 317 g/mol. The minimum absolute atomic E-state index is 0.725. The van der Waals surface area contributed by atoms with Crippen LogP contribution in [0.5, 0.6) is 0 Å². The highest BCUT2D eigenvalue weighted by Crippen LogP contribution is 2.28. The molecule has 4 aromatic rings. The average Bonchev–Trinajstić information content (AvgIpc) is 2.87. The van der Waals surface area contributed by atoms with Gasteiger partial charge in [-0.15, -0.1) is 0 Å². The van der Waals surface area contributed by atoms with Gasteiger partial charge in [0, 0.05) is 38.1 Å². The lowest BCUT2D eigenvalue weighted by Gasteiger charge is -2.10. The molecule has 0 saturated carbocycles. The highest BCUT2D eigenvalue weighted by Gasteiger charge is 2.08. The fourth-order valence-corrected chi connectivity index (χ4v) is 3.04. The normalized spacial score (nSPS) is 11.3. The van der Waals surface area contributed by atoms with Gasteiger partial charge in [0.05, 0.1) is 16.7 Å². The lowest BCUT2D eigenvalue weighted by Crippen LogP contribution is -2.12. The summed E-state index contributed by atoms with van der Waals surface area (Å²) in [7, 11) is 5.87. The van der Waals surface area contributed by atoms with Crippen molar-refractivity contribution in [3.8, 4) is 11.1 Å². The van der Waals surface area contributed by atoms with Crippen molar-refractivity contribution >= 4 is 27.8 Å². The van der Waals surface area contributed by atoms with Gasteiger partial charge in [-0.05, 0) is 42.3 Å². The second-order valence-electron chi connectivity index (χ2n) is 6.28. The van der Waals surface area contributed by atoms with Gasteiger partial charge in [-0.25, -0.2) is 9.97 Å². The third-order valence-electron chi connectivity index (χ3n) is 4.34. The summed E-state index contributed by atoms with van der Waals surface area (Å²) < 4.78 is 1.92. The highest BCUT2D eigenvalue weighted by molar-refractivity contribution is 5.90. The van der Waals surface area contributed by atoms with E-state index >= 15 is 0 Å². The zero-order valence-electron chi connectivity index (χ0n) is 14.3. The molecular formula is C19H19N5. The predicted molar refractivity (Wildman–Crippen MR) is 98.3 cm³/mol. The Labute approximate surface area is 140 Å². The zero-order chi connectivity index (χ0) is 16.8. The van der Waals surface area contributed by atoms with E-state index in [1.165, 1.54) is 10.9 Å². The third-order valence-corrected chi connectivity index (χ3v) is 4.34. The van der Waals surface area contributed by atoms with Crippen molar-refractivity contribution in [3.63, 3.8) is 0 Å². The smallest absolute Gasteiger partial charge is 0.225 e. The number of anilines is 1. The molecule has 0 atom stereocenters. The van der Waals surface area contributed by atoms with Gasteiger partial charge in [0.2, 0.25) is 5.95 Å². The van der Waals surface area contributed by atoms with E-state index < -0.39 is 0 Å². The molecule has 24 heavy (non-hydrogen) atoms. The number of aromatic nitrogens is 4. The van der Waals surface area contributed by atoms with Crippen LogP contribution in [0, 0.1) is 6.92 Å². The van der Waals surface area contributed by atoms with E-state index in [-0.39, 0.29) is 0 Å². The molecule has 5 nitrogen and oxygen atoms in total. The summed E-state index contributed by atoms with van der Waals surface area (Å²) >= 11 is 0. The molecule has 5 heteroatoms. The van der Waals surface area contributed by atoms with Crippen LogP contribution in [0.15, 0.2) is 42.6 Å². The number of hydrogen-bond donors (Lipinski definition) is 0. The van der Waals surface area contributed by atoms with Crippen molar-refractivity contribution in [3.05, 3.63) is 48.3 Å². The lowest BCUT2D eigenvalue weighted by atomic mass is 10.0. The fourth-order valence-electron chi connectivity index (χ4n) is 3.04. The first-order chi connectivity index (χ1) is 11.5. The van der Waals surface area contributed by atoms with E-state index in [9.17, 15) is 0 Å². The van der Waals surface area contributed by atoms with E-state index in [0.717, 1.165) is 33.6 Å². The Kier molecular flexibility index (Phi) is 3.23. The number of aryl methyl sites for hydroxylation is 2. The predicted octanol–water partition coefficient (Wildman–Crippen LogP) is 3.56. The first kappa shape index (κ1) is 14.6. The molecular weight excluding hydrogens is 298 g/mol. The summed E-state index contributed by atoms with van der Waals surface area (Å²) in [5.41, 5.74) is 5.49. The first-order valence-electron chi connectivity index (χ1n) is 7.91. The number of hydrogen-bond acceptors (Lipinski definition) is 4. The van der Waals surface area contributed by atoms with Crippen LogP contribution in [0.2, 0.25) is 0 Å². The SMILES string of the molecule is Cc1nn(C)c2ccc(-c3ccc4nc(N(C)C)ncc4c3)cc12. The Morgan fingerprint density at radius 1 is 1.00 bits per heavy atom. The van der Waals surface area contributed by atoms with Crippen LogP contribution in [0.4, 0.5) is 5.95 Å². The summed E-state index contributed by atoms with van der Waals surface area (Å²) in [5.74, 6) is 0.725. The van der Waals surface area contributed by atoms with Crippen LogP contribution in [-0.2, 0) is 7.05 Å². The highest BCUT2D eigenvalue weighted by atomic mass is 15.3. The van der Waals surface area contributed by atoms with Crippen molar-refractivity contribution in [2.75, 3.05) is 19.0 Å². The number of fused-ring (bicyclic) bond motifs is 2. The number of benzene rings is 2. The molecule has 120 valence electrons. The van der Waals surface area contributed by atoms with E-state index in [0.29, 0.717) is 0 Å². The van der Waals surface area contributed by atoms with Gasteiger partial charge >= 0.3 is 0 Å². The maximum atomic E-state index is 4.58. The Bertz CT molecular complexity index is 1060. The molecule has 2 heterocycles. The van der Waals surface area contributed by atoms with Crippen LogP contribution in [0.3, 0.4) is 0 Å². The maximum Gasteiger partial charge on any atom is 0.225 e. The standard InChI is InChI=1S/C19H19N5/c1-12-16-10-14(6-8-18(16)24(4)22-12)13-5-7-17-15(9-13)11-20-19(21-17)23(2)3/h5-11H,1-4H3. The van der Waals surface area contributed by atoms with Gasteiger partial charge in [-0.1, -0.05) is 12.1 Å². The van der Waals surface area contributed by atoms with E-state index in [1.807, 2.05) is 43.8 Å². The Balaban J connectivity index is 1.84. The molecule has 0 unspecified atom stereocenters. The maximum absolute atomic E-state index is 4.58. The summed E-state index contributed by atoms with van der Waals surface area (Å²) in [6.07, 6.45) is 1.88. The van der Waals surface area contributed by atoms with Crippen molar-refractivity contribution in [1.82, 2.24) is 19.7 Å². The molecule has 4 rings (SSSR count). The average molecular weight is 317 g/mol. The van der Waals surface area contributed by atoms with Crippen LogP contribution in [0.25, 0.3) is 32.9 Å². The van der Waals surface area contributed by atoms with Crippen LogP contribution in [-0.4, -0.2) is 33.8 Å². The zero-order valence-corrected chi connectivity index (χ0v) is 14.3. The molecule has 0 amide bonds. The number of nitrogens with zero attached hydrogens (tertiary/aromatic N) is 5. The van der Waals surface area contributed by atoms with Crippen molar-refractivity contribution in [2.24, 2.45) is 7.05 Å². The molecule has 0 aliphatic carbocycles. The van der Waals surface area contributed by atoms with E-state index in [2.05, 4.69) is 51.5 Å². The molecule has 0 fully saturated rings. The summed E-state index contributed by atoms with van der Waals surface area (Å²) in [5, 5.41) is 6.72. The molecule has 2 aromatic heterocycles. The fraction of sp³-hybridized carbons (Fsp3) is 0.211. The van der Waals surface area contributed by atoms with Crippen LogP contribution >= 0.6 is 0 Å². The topological polar surface area (TPSA) is 46.8 Å². The number of rotatable bonds is 2. The molecule has 0 N–H and O–H groups in total. The molecule has 0 radical (unpaired) electrons. The first-order valence-corrected chi connectivity index (χ1v) is 7.91. The van der Waals surface area contributed by atoms with Gasteiger partial charge in [-0.2, -0.15) is 5.10 Å². The largest absolute Gasteiger partial charge is 0.347 e. The van der Waals surface area contributed by atoms with Crippen LogP contribution in [0.1, 0.15) is 5.69 Å². The third kappa shape index (κ3) is 2.29. The van der Waals surface area contributed by atoms with Crippen molar-refractivity contribution < 1.29 is 0 Å². The molecule has 0 saturated heterocycles. The summed E-state index contributed by atoms with van der Waals surface area (Å²) in [6.45, 7) is 2.04. The molecule has 2 aromatic carbocycles. The van der Waals surface area contributed by atoms with Gasteiger partial charge < -0.3 is 4.90 Å². The summed E-state index contributed by atoms with van der Waals surface area (Å²) in [4.78, 5) is 10.9. The quantitative estimate of drug-likeness (QED) is 0.567. The van der Waals surface area contributed by atoms with Gasteiger partial charge in [-0.3, -0.25) is 4.68 Å². The van der Waals surface area contributed by atoms with Crippen LogP contribution < -0.4 is 4.90 Å². The van der Waals surface area contributed by atoms with Gasteiger partial charge in [0.15, 0.2) is 0 Å². The van der Waals surface area contributed by atoms with Gasteiger partial charge in [0.25, 0.3) is 0 Å². The molecule has 0 aliphatic rings. The second-order valence-corrected chi connectivity index (χ2v) is 6.28. The Morgan fingerprint density at radius 3 is 2.54 bits per heavy atom. The van der Waals surface area contributed by atoms with E-state index in [1.54, 1.807) is 0 Å². The summed E-state index contributed by atoms with van der Waals surface area (Å²) in [6, 6.07) is 12.8. The van der Waals surface area contributed by atoms with E-state index in [4.69, 9.17) is 0 Å². The van der Waals surface area contributed by atoms with Crippen molar-refractivity contribution in [2.45, 2.75) is 6.92 Å². The van der Waals surface area contributed by atoms with Crippen molar-refractivity contribution in [1.29, 1.82) is 0 Å². The lowest BCUT2D eigenvalue weighted by molar-refractivity contribution is 0.783. The van der Waals surface area contributed by atoms with Gasteiger partial charge in [0.1, 0.15) is 0 Å². The molecule has 0 spiro atoms. The second kappa shape index (κ2) is 5.30. The Hall–Kier alpha value is -2.95. The Morgan fingerprint density at radius 2 is 1.75 bits per heavy atom. The molecule has 0 aliphatic heterocycles. The minimum Gasteiger partial charge on any atom is -0.347 e.